The van der Waals surface area contributed by atoms with Crippen molar-refractivity contribution < 1.29 is 9.84 Å². The first-order valence-electron chi connectivity index (χ1n) is 10.9. The second-order valence-corrected chi connectivity index (χ2v) is 8.71. The molecule has 2 aliphatic heterocycles. The van der Waals surface area contributed by atoms with Crippen LogP contribution >= 0.6 is 11.6 Å². The van der Waals surface area contributed by atoms with E-state index >= 15 is 0 Å². The van der Waals surface area contributed by atoms with Gasteiger partial charge in [-0.05, 0) is 37.6 Å². The summed E-state index contributed by atoms with van der Waals surface area (Å²) in [5, 5.41) is 19.7. The number of aliphatic hydroxyl groups excluding tert-OH is 1. The Morgan fingerprint density at radius 2 is 1.82 bits per heavy atom. The molecule has 8 heteroatoms. The molecule has 1 N–H and O–H groups in total. The largest absolute Gasteiger partial charge is 0.495 e. The first-order valence-corrected chi connectivity index (χ1v) is 11.3. The number of imidazole rings is 1. The maximum absolute atomic E-state index is 10.2. The molecule has 3 aromatic rings. The fourth-order valence-electron chi connectivity index (χ4n) is 4.19. The number of benzene rings is 2. The maximum atomic E-state index is 10.2. The number of nitrogens with zero attached hydrogens (tertiary/aromatic N) is 5. The summed E-state index contributed by atoms with van der Waals surface area (Å²) in [5.74, 6) is 1.33. The predicted molar refractivity (Wildman–Crippen MR) is 132 cm³/mol. The first-order chi connectivity index (χ1) is 16.5. The lowest BCUT2D eigenvalue weighted by molar-refractivity contribution is 0.249. The fourth-order valence-corrected chi connectivity index (χ4v) is 4.40. The molecule has 0 radical (unpaired) electrons. The minimum atomic E-state index is -0.340. The molecule has 2 aromatic carbocycles. The highest BCUT2D eigenvalue weighted by Gasteiger charge is 2.24. The van der Waals surface area contributed by atoms with Gasteiger partial charge in [-0.3, -0.25) is 0 Å². The molecule has 5 rings (SSSR count). The third kappa shape index (κ3) is 3.93. The number of aryl methyl sites for hydroxylation is 2. The van der Waals surface area contributed by atoms with Crippen LogP contribution < -0.4 is 4.74 Å². The Hall–Kier alpha value is -3.68. The molecular weight excluding hydrogens is 450 g/mol. The molecule has 0 spiro atoms. The third-order valence-electron chi connectivity index (χ3n) is 5.94. The average molecular weight is 474 g/mol. The minimum Gasteiger partial charge on any atom is -0.495 e. The van der Waals surface area contributed by atoms with E-state index in [1.807, 2.05) is 77.7 Å². The molecule has 0 fully saturated rings. The molecule has 0 saturated heterocycles. The molecule has 0 saturated carbocycles. The SMILES string of the molecule is COc1cc(-c2nnc3n([C@@H](CO)c4ccc(C)cc4)cc(Cl)cc2-3)ccc1-n1cnc(C)c1. The van der Waals surface area contributed by atoms with E-state index in [-0.39, 0.29) is 12.6 Å². The molecule has 172 valence electrons. The molecule has 3 heterocycles. The van der Waals surface area contributed by atoms with Gasteiger partial charge in [0.1, 0.15) is 11.4 Å². The monoisotopic (exact) mass is 473 g/mol. The van der Waals surface area contributed by atoms with Crippen molar-refractivity contribution in [3.63, 3.8) is 0 Å². The van der Waals surface area contributed by atoms with E-state index in [4.69, 9.17) is 16.3 Å². The highest BCUT2D eigenvalue weighted by atomic mass is 35.5. The predicted octanol–water partition coefficient (Wildman–Crippen LogP) is 5.10. The van der Waals surface area contributed by atoms with Gasteiger partial charge in [0, 0.05) is 23.5 Å². The number of methoxy groups -OCH3 is 1. The second-order valence-electron chi connectivity index (χ2n) is 8.27. The van der Waals surface area contributed by atoms with E-state index in [9.17, 15) is 5.11 Å². The molecule has 34 heavy (non-hydrogen) atoms. The summed E-state index contributed by atoms with van der Waals surface area (Å²) in [4.78, 5) is 4.30. The average Bonchev–Trinajstić information content (AvgIpc) is 3.46. The van der Waals surface area contributed by atoms with Gasteiger partial charge in [0.25, 0.3) is 0 Å². The highest BCUT2D eigenvalue weighted by Crippen LogP contribution is 2.38. The van der Waals surface area contributed by atoms with Crippen molar-refractivity contribution in [1.82, 2.24) is 24.3 Å². The van der Waals surface area contributed by atoms with E-state index < -0.39 is 0 Å². The summed E-state index contributed by atoms with van der Waals surface area (Å²) in [6.45, 7) is 3.88. The number of fused-ring (bicyclic) bond motifs is 1. The van der Waals surface area contributed by atoms with Crippen LogP contribution in [0, 0.1) is 13.8 Å². The van der Waals surface area contributed by atoms with Crippen LogP contribution in [-0.4, -0.2) is 43.1 Å². The third-order valence-corrected chi connectivity index (χ3v) is 6.15. The molecule has 0 aliphatic carbocycles. The summed E-state index contributed by atoms with van der Waals surface area (Å²) >= 11 is 6.53. The van der Waals surface area contributed by atoms with Crippen molar-refractivity contribution in [1.29, 1.82) is 0 Å². The van der Waals surface area contributed by atoms with Crippen molar-refractivity contribution in [2.45, 2.75) is 19.9 Å². The molecule has 1 aromatic heterocycles. The van der Waals surface area contributed by atoms with Crippen molar-refractivity contribution in [2.75, 3.05) is 13.7 Å². The zero-order valence-corrected chi connectivity index (χ0v) is 19.9. The van der Waals surface area contributed by atoms with E-state index in [1.165, 1.54) is 0 Å². The Morgan fingerprint density at radius 1 is 1.03 bits per heavy atom. The van der Waals surface area contributed by atoms with Gasteiger partial charge in [0.05, 0.1) is 42.5 Å². The van der Waals surface area contributed by atoms with Gasteiger partial charge in [-0.25, -0.2) is 4.98 Å². The van der Waals surface area contributed by atoms with Crippen molar-refractivity contribution in [2.24, 2.45) is 0 Å². The molecule has 0 amide bonds. The lowest BCUT2D eigenvalue weighted by atomic mass is 10.0. The maximum Gasteiger partial charge on any atom is 0.165 e. The Morgan fingerprint density at radius 3 is 2.50 bits per heavy atom. The number of aliphatic hydroxyl groups is 1. The van der Waals surface area contributed by atoms with Gasteiger partial charge < -0.3 is 19.0 Å². The standard InChI is InChI=1S/C26H24ClN5O2/c1-16-4-6-18(7-5-16)23(14-33)32-13-20(27)11-21-25(29-30-26(21)32)19-8-9-22(24(10-19)34-3)31-12-17(2)28-15-31/h4-13,15,23,33H,14H2,1-3H3/t23-/m0/s1. The number of hydrogen-bond acceptors (Lipinski definition) is 5. The summed E-state index contributed by atoms with van der Waals surface area (Å²) < 4.78 is 9.48. The van der Waals surface area contributed by atoms with Gasteiger partial charge in [-0.2, -0.15) is 0 Å². The normalized spacial score (nSPS) is 12.3. The number of pyridine rings is 1. The van der Waals surface area contributed by atoms with Crippen LogP contribution in [0.5, 0.6) is 5.75 Å². The highest BCUT2D eigenvalue weighted by molar-refractivity contribution is 6.30. The Labute approximate surface area is 202 Å². The van der Waals surface area contributed by atoms with Crippen molar-refractivity contribution in [3.05, 3.63) is 89.1 Å². The molecule has 1 atom stereocenters. The number of aromatic nitrogens is 5. The van der Waals surface area contributed by atoms with Crippen molar-refractivity contribution >= 4 is 11.6 Å². The van der Waals surface area contributed by atoms with Crippen LogP contribution in [0.2, 0.25) is 5.02 Å². The lowest BCUT2D eigenvalue weighted by Gasteiger charge is -2.22. The van der Waals surface area contributed by atoms with Crippen LogP contribution in [0.15, 0.2) is 67.3 Å². The van der Waals surface area contributed by atoms with Crippen LogP contribution in [0.25, 0.3) is 28.3 Å². The van der Waals surface area contributed by atoms with E-state index in [0.717, 1.165) is 33.6 Å². The van der Waals surface area contributed by atoms with Gasteiger partial charge in [0.2, 0.25) is 0 Å². The smallest absolute Gasteiger partial charge is 0.165 e. The molecule has 0 unspecified atom stereocenters. The van der Waals surface area contributed by atoms with E-state index in [2.05, 4.69) is 15.2 Å². The molecule has 0 bridgehead atoms. The zero-order chi connectivity index (χ0) is 23.8. The lowest BCUT2D eigenvalue weighted by Crippen LogP contribution is -2.17. The number of hydrogen-bond donors (Lipinski definition) is 1. The number of rotatable bonds is 6. The van der Waals surface area contributed by atoms with Crippen LogP contribution in [-0.2, 0) is 0 Å². The van der Waals surface area contributed by atoms with Gasteiger partial charge >= 0.3 is 0 Å². The zero-order valence-electron chi connectivity index (χ0n) is 19.1. The first kappa shape index (κ1) is 22.1. The van der Waals surface area contributed by atoms with Gasteiger partial charge in [-0.1, -0.05) is 47.5 Å². The summed E-state index contributed by atoms with van der Waals surface area (Å²) in [6.07, 6.45) is 5.49. The number of halogens is 1. The molecule has 7 nitrogen and oxygen atoms in total. The second kappa shape index (κ2) is 8.93. The Kier molecular flexibility index (Phi) is 5.81. The van der Waals surface area contributed by atoms with Crippen LogP contribution in [0.4, 0.5) is 0 Å². The van der Waals surface area contributed by atoms with Crippen molar-refractivity contribution in [3.8, 4) is 34.1 Å². The molecular formula is C26H24ClN5O2. The van der Waals surface area contributed by atoms with E-state index in [0.29, 0.717) is 22.3 Å². The van der Waals surface area contributed by atoms with Gasteiger partial charge in [-0.15, -0.1) is 10.2 Å². The summed E-state index contributed by atoms with van der Waals surface area (Å²) in [6, 6.07) is 15.5. The topological polar surface area (TPSA) is 78.0 Å². The van der Waals surface area contributed by atoms with Crippen LogP contribution in [0.1, 0.15) is 22.9 Å². The van der Waals surface area contributed by atoms with E-state index in [1.54, 1.807) is 19.6 Å². The Balaban J connectivity index is 1.58. The summed E-state index contributed by atoms with van der Waals surface area (Å²) in [7, 11) is 1.64. The molecule has 2 aliphatic rings. The summed E-state index contributed by atoms with van der Waals surface area (Å²) in [5.41, 5.74) is 6.26. The quantitative estimate of drug-likeness (QED) is 0.371. The minimum absolute atomic E-state index is 0.0990. The Bertz CT molecular complexity index is 1420. The van der Waals surface area contributed by atoms with Gasteiger partial charge in [0.15, 0.2) is 5.82 Å². The van der Waals surface area contributed by atoms with Crippen LogP contribution in [0.3, 0.4) is 0 Å². The number of ether oxygens (including phenoxy) is 1. The fraction of sp³-hybridized carbons (Fsp3) is 0.192.